The third-order valence-corrected chi connectivity index (χ3v) is 3.05. The van der Waals surface area contributed by atoms with Crippen LogP contribution in [0.1, 0.15) is 13.3 Å². The van der Waals surface area contributed by atoms with Gasteiger partial charge in [-0.25, -0.2) is 4.39 Å². The Morgan fingerprint density at radius 1 is 1.47 bits per heavy atom. The molecule has 1 aliphatic rings. The summed E-state index contributed by atoms with van der Waals surface area (Å²) in [6.45, 7) is 2.80. The molecule has 4 heteroatoms. The number of halogens is 2. The Hall–Kier alpha value is -0.610. The second-order valence-electron chi connectivity index (χ2n) is 3.77. The maximum absolute atomic E-state index is 13.1. The second kappa shape index (κ2) is 4.49. The summed E-state index contributed by atoms with van der Waals surface area (Å²) in [5.41, 5.74) is 0.796. The van der Waals surface area contributed by atoms with Crippen molar-refractivity contribution >= 4 is 21.6 Å². The van der Waals surface area contributed by atoms with Gasteiger partial charge in [0.05, 0.1) is 12.1 Å². The molecule has 1 saturated heterocycles. The Balaban J connectivity index is 2.10. The Morgan fingerprint density at radius 2 is 2.27 bits per heavy atom. The van der Waals surface area contributed by atoms with Crippen LogP contribution >= 0.6 is 15.9 Å². The predicted molar refractivity (Wildman–Crippen MR) is 61.5 cm³/mol. The number of rotatable bonds is 2. The normalized spacial score (nSPS) is 25.5. The minimum absolute atomic E-state index is 0.187. The van der Waals surface area contributed by atoms with Crippen molar-refractivity contribution in [1.29, 1.82) is 0 Å². The maximum atomic E-state index is 13.1. The molecule has 0 radical (unpaired) electrons. The topological polar surface area (TPSA) is 21.3 Å². The molecule has 2 rings (SSSR count). The second-order valence-corrected chi connectivity index (χ2v) is 4.69. The summed E-state index contributed by atoms with van der Waals surface area (Å²) in [5, 5.41) is 3.28. The SMILES string of the molecule is CC1OCCC1Nc1cc(F)cc(Br)c1. The molecule has 0 spiro atoms. The lowest BCUT2D eigenvalue weighted by atomic mass is 10.1. The predicted octanol–water partition coefficient (Wildman–Crippen LogP) is 3.18. The van der Waals surface area contributed by atoms with Gasteiger partial charge in [0.1, 0.15) is 5.82 Å². The van der Waals surface area contributed by atoms with Gasteiger partial charge in [-0.1, -0.05) is 15.9 Å². The Morgan fingerprint density at radius 3 is 2.87 bits per heavy atom. The highest BCUT2D eigenvalue weighted by molar-refractivity contribution is 9.10. The van der Waals surface area contributed by atoms with E-state index in [2.05, 4.69) is 21.2 Å². The lowest BCUT2D eigenvalue weighted by Gasteiger charge is -2.17. The molecule has 2 unspecified atom stereocenters. The van der Waals surface area contributed by atoms with Crippen LogP contribution in [0.25, 0.3) is 0 Å². The van der Waals surface area contributed by atoms with Crippen LogP contribution < -0.4 is 5.32 Å². The number of benzene rings is 1. The number of hydrogen-bond donors (Lipinski definition) is 1. The fourth-order valence-electron chi connectivity index (χ4n) is 1.77. The van der Waals surface area contributed by atoms with Crippen LogP contribution in [0, 0.1) is 5.82 Å². The van der Waals surface area contributed by atoms with Crippen LogP contribution in [-0.4, -0.2) is 18.8 Å². The minimum Gasteiger partial charge on any atom is -0.380 e. The molecule has 1 fully saturated rings. The fourth-order valence-corrected chi connectivity index (χ4v) is 2.24. The van der Waals surface area contributed by atoms with Crippen molar-refractivity contribution in [2.75, 3.05) is 11.9 Å². The van der Waals surface area contributed by atoms with Crippen molar-refractivity contribution in [3.8, 4) is 0 Å². The lowest BCUT2D eigenvalue weighted by Crippen LogP contribution is -2.26. The molecule has 1 aromatic carbocycles. The van der Waals surface area contributed by atoms with Crippen molar-refractivity contribution in [3.63, 3.8) is 0 Å². The minimum atomic E-state index is -0.238. The molecule has 0 aliphatic carbocycles. The van der Waals surface area contributed by atoms with Crippen LogP contribution in [-0.2, 0) is 4.74 Å². The standard InChI is InChI=1S/C11H13BrFNO/c1-7-11(2-3-15-7)14-10-5-8(12)4-9(13)6-10/h4-7,11,14H,2-3H2,1H3. The zero-order valence-corrected chi connectivity index (χ0v) is 10.1. The molecule has 0 aromatic heterocycles. The highest BCUT2D eigenvalue weighted by Crippen LogP contribution is 2.22. The average Bonchev–Trinajstić information content (AvgIpc) is 2.50. The highest BCUT2D eigenvalue weighted by Gasteiger charge is 2.23. The van der Waals surface area contributed by atoms with Crippen LogP contribution in [0.5, 0.6) is 0 Å². The van der Waals surface area contributed by atoms with E-state index in [-0.39, 0.29) is 18.0 Å². The highest BCUT2D eigenvalue weighted by atomic mass is 79.9. The molecule has 1 aromatic rings. The molecule has 0 saturated carbocycles. The van der Waals surface area contributed by atoms with Gasteiger partial charge < -0.3 is 10.1 Å². The quantitative estimate of drug-likeness (QED) is 0.894. The molecule has 15 heavy (non-hydrogen) atoms. The summed E-state index contributed by atoms with van der Waals surface area (Å²) in [7, 11) is 0. The van der Waals surface area contributed by atoms with E-state index >= 15 is 0 Å². The molecular weight excluding hydrogens is 261 g/mol. The first-order valence-electron chi connectivity index (χ1n) is 4.99. The lowest BCUT2D eigenvalue weighted by molar-refractivity contribution is 0.121. The Kier molecular flexibility index (Phi) is 3.26. The monoisotopic (exact) mass is 273 g/mol. The van der Waals surface area contributed by atoms with E-state index in [0.717, 1.165) is 23.2 Å². The van der Waals surface area contributed by atoms with E-state index in [1.54, 1.807) is 0 Å². The fraction of sp³-hybridized carbons (Fsp3) is 0.455. The summed E-state index contributed by atoms with van der Waals surface area (Å²) in [6, 6.07) is 5.09. The zero-order valence-electron chi connectivity index (χ0n) is 8.47. The first-order chi connectivity index (χ1) is 7.15. The Labute approximate surface area is 96.9 Å². The van der Waals surface area contributed by atoms with Crippen molar-refractivity contribution in [1.82, 2.24) is 0 Å². The molecule has 1 aliphatic heterocycles. The Bertz CT molecular complexity index is 338. The van der Waals surface area contributed by atoms with Gasteiger partial charge in [-0.3, -0.25) is 0 Å². The largest absolute Gasteiger partial charge is 0.380 e. The summed E-state index contributed by atoms with van der Waals surface area (Å²) in [6.07, 6.45) is 1.15. The molecule has 2 atom stereocenters. The number of hydrogen-bond acceptors (Lipinski definition) is 2. The first-order valence-corrected chi connectivity index (χ1v) is 5.78. The molecular formula is C11H13BrFNO. The molecule has 0 bridgehead atoms. The smallest absolute Gasteiger partial charge is 0.126 e. The van der Waals surface area contributed by atoms with E-state index in [1.165, 1.54) is 12.1 Å². The van der Waals surface area contributed by atoms with Gasteiger partial charge in [0.2, 0.25) is 0 Å². The third kappa shape index (κ3) is 2.69. The van der Waals surface area contributed by atoms with E-state index < -0.39 is 0 Å². The molecule has 1 heterocycles. The van der Waals surface area contributed by atoms with Crippen LogP contribution in [0.2, 0.25) is 0 Å². The third-order valence-electron chi connectivity index (χ3n) is 2.59. The molecule has 1 N–H and O–H groups in total. The van der Waals surface area contributed by atoms with E-state index in [9.17, 15) is 4.39 Å². The zero-order chi connectivity index (χ0) is 10.8. The molecule has 82 valence electrons. The van der Waals surface area contributed by atoms with E-state index in [1.807, 2.05) is 13.0 Å². The van der Waals surface area contributed by atoms with Gasteiger partial charge in [-0.05, 0) is 31.5 Å². The molecule has 0 amide bonds. The first kappa shape index (κ1) is 10.9. The van der Waals surface area contributed by atoms with E-state index in [4.69, 9.17) is 4.74 Å². The van der Waals surface area contributed by atoms with Gasteiger partial charge in [-0.15, -0.1) is 0 Å². The summed E-state index contributed by atoms with van der Waals surface area (Å²) < 4.78 is 19.3. The number of ether oxygens (including phenoxy) is 1. The molecule has 2 nitrogen and oxygen atoms in total. The number of anilines is 1. The number of nitrogens with one attached hydrogen (secondary N) is 1. The van der Waals surface area contributed by atoms with Gasteiger partial charge in [0.25, 0.3) is 0 Å². The summed E-state index contributed by atoms with van der Waals surface area (Å²) in [4.78, 5) is 0. The van der Waals surface area contributed by atoms with Crippen molar-refractivity contribution in [3.05, 3.63) is 28.5 Å². The van der Waals surface area contributed by atoms with Crippen LogP contribution in [0.15, 0.2) is 22.7 Å². The van der Waals surface area contributed by atoms with Crippen LogP contribution in [0.4, 0.5) is 10.1 Å². The average molecular weight is 274 g/mol. The van der Waals surface area contributed by atoms with Crippen LogP contribution in [0.3, 0.4) is 0 Å². The van der Waals surface area contributed by atoms with Gasteiger partial charge in [0, 0.05) is 16.8 Å². The van der Waals surface area contributed by atoms with Crippen molar-refractivity contribution in [2.24, 2.45) is 0 Å². The summed E-state index contributed by atoms with van der Waals surface area (Å²) >= 11 is 3.27. The van der Waals surface area contributed by atoms with Gasteiger partial charge >= 0.3 is 0 Å². The van der Waals surface area contributed by atoms with Gasteiger partial charge in [-0.2, -0.15) is 0 Å². The van der Waals surface area contributed by atoms with E-state index in [0.29, 0.717) is 0 Å². The van der Waals surface area contributed by atoms with Crippen molar-refractivity contribution < 1.29 is 9.13 Å². The summed E-state index contributed by atoms with van der Waals surface area (Å²) in [5.74, 6) is -0.238. The van der Waals surface area contributed by atoms with Gasteiger partial charge in [0.15, 0.2) is 0 Å². The van der Waals surface area contributed by atoms with Crippen molar-refractivity contribution in [2.45, 2.75) is 25.5 Å². The maximum Gasteiger partial charge on any atom is 0.126 e.